The maximum Gasteiger partial charge on any atom is 0.230 e. The van der Waals surface area contributed by atoms with E-state index in [0.717, 1.165) is 25.7 Å². The van der Waals surface area contributed by atoms with Crippen LogP contribution >= 0.6 is 0 Å². The van der Waals surface area contributed by atoms with Gasteiger partial charge >= 0.3 is 0 Å². The van der Waals surface area contributed by atoms with Crippen LogP contribution in [-0.4, -0.2) is 47.5 Å². The van der Waals surface area contributed by atoms with Crippen LogP contribution in [-0.2, 0) is 19.2 Å². The van der Waals surface area contributed by atoms with E-state index >= 15 is 0 Å². The minimum absolute atomic E-state index is 0.0509. The number of nitrogens with one attached hydrogen (secondary N) is 1. The van der Waals surface area contributed by atoms with Crippen LogP contribution in [0.25, 0.3) is 0 Å². The molecule has 1 heterocycles. The van der Waals surface area contributed by atoms with Gasteiger partial charge in [-0.2, -0.15) is 0 Å². The minimum Gasteiger partial charge on any atom is -0.370 e. The van der Waals surface area contributed by atoms with Crippen molar-refractivity contribution in [3.05, 3.63) is 0 Å². The zero-order chi connectivity index (χ0) is 20.5. The number of hydrogen-bond donors (Lipinski definition) is 2. The first-order chi connectivity index (χ1) is 13.4. The van der Waals surface area contributed by atoms with E-state index in [-0.39, 0.29) is 42.9 Å². The number of Topliss-reactive ketones (excluding diaryl/α,β-unsaturated/α-hetero) is 1. The molecule has 2 atom stereocenters. The number of rotatable bonds is 8. The van der Waals surface area contributed by atoms with Gasteiger partial charge in [0.15, 0.2) is 5.78 Å². The number of nitrogens with zero attached hydrogens (tertiary/aromatic N) is 1. The number of primary amides is 1. The second-order valence-electron chi connectivity index (χ2n) is 8.48. The molecule has 28 heavy (non-hydrogen) atoms. The van der Waals surface area contributed by atoms with Crippen molar-refractivity contribution in [3.63, 3.8) is 0 Å². The quantitative estimate of drug-likeness (QED) is 0.655. The Morgan fingerprint density at radius 2 is 1.79 bits per heavy atom. The number of imide groups is 1. The molecule has 0 bridgehead atoms. The van der Waals surface area contributed by atoms with E-state index in [1.807, 2.05) is 0 Å². The van der Waals surface area contributed by atoms with Crippen LogP contribution in [0.1, 0.15) is 77.6 Å². The van der Waals surface area contributed by atoms with E-state index in [1.54, 1.807) is 6.92 Å². The Morgan fingerprint density at radius 3 is 2.46 bits per heavy atom. The van der Waals surface area contributed by atoms with Crippen molar-refractivity contribution in [2.24, 2.45) is 17.6 Å². The third-order valence-electron chi connectivity index (χ3n) is 5.91. The van der Waals surface area contributed by atoms with Gasteiger partial charge in [-0.25, -0.2) is 0 Å². The first-order valence-corrected chi connectivity index (χ1v) is 10.7. The standard InChI is InChI=1S/C21H35N3O4/c1-15(12-19(22)26)13-21(28)24(17-8-5-11-23-14-18(17)25)20(27)10-9-16-6-3-2-4-7-16/h15-17,23H,2-14H2,1H3,(H2,22,26)/t15-,17?/m0/s1. The van der Waals surface area contributed by atoms with Crippen molar-refractivity contribution < 1.29 is 19.2 Å². The van der Waals surface area contributed by atoms with Crippen molar-refractivity contribution in [2.75, 3.05) is 13.1 Å². The third kappa shape index (κ3) is 7.00. The summed E-state index contributed by atoms with van der Waals surface area (Å²) in [5, 5.41) is 3.05. The topological polar surface area (TPSA) is 110 Å². The number of carbonyl (C=O) groups is 4. The van der Waals surface area contributed by atoms with Gasteiger partial charge in [0.05, 0.1) is 12.6 Å². The van der Waals surface area contributed by atoms with Crippen molar-refractivity contribution in [1.29, 1.82) is 0 Å². The van der Waals surface area contributed by atoms with Crippen molar-refractivity contribution in [2.45, 2.75) is 83.6 Å². The maximum atomic E-state index is 13.0. The third-order valence-corrected chi connectivity index (χ3v) is 5.91. The lowest BCUT2D eigenvalue weighted by molar-refractivity contribution is -0.152. The molecule has 3 N–H and O–H groups in total. The van der Waals surface area contributed by atoms with Gasteiger partial charge in [0.1, 0.15) is 0 Å². The van der Waals surface area contributed by atoms with Crippen LogP contribution in [0.2, 0.25) is 0 Å². The van der Waals surface area contributed by atoms with Gasteiger partial charge in [-0.15, -0.1) is 0 Å². The maximum absolute atomic E-state index is 13.0. The number of hydrogen-bond acceptors (Lipinski definition) is 5. The van der Waals surface area contributed by atoms with E-state index in [1.165, 1.54) is 24.2 Å². The van der Waals surface area contributed by atoms with Gasteiger partial charge < -0.3 is 11.1 Å². The molecule has 1 aliphatic heterocycles. The molecule has 2 fully saturated rings. The average Bonchev–Trinajstić information content (AvgIpc) is 2.85. The monoisotopic (exact) mass is 393 g/mol. The van der Waals surface area contributed by atoms with Gasteiger partial charge in [0, 0.05) is 19.3 Å². The molecule has 1 saturated carbocycles. The summed E-state index contributed by atoms with van der Waals surface area (Å²) in [5.74, 6) is -0.901. The summed E-state index contributed by atoms with van der Waals surface area (Å²) < 4.78 is 0. The molecule has 0 radical (unpaired) electrons. The van der Waals surface area contributed by atoms with Gasteiger partial charge in [0.2, 0.25) is 17.7 Å². The highest BCUT2D eigenvalue weighted by atomic mass is 16.2. The summed E-state index contributed by atoms with van der Waals surface area (Å²) in [6.45, 7) is 2.66. The van der Waals surface area contributed by atoms with Gasteiger partial charge in [0.25, 0.3) is 0 Å². The highest BCUT2D eigenvalue weighted by molar-refractivity contribution is 6.01. The smallest absolute Gasteiger partial charge is 0.230 e. The average molecular weight is 394 g/mol. The summed E-state index contributed by atoms with van der Waals surface area (Å²) in [6.07, 6.45) is 8.42. The summed E-state index contributed by atoms with van der Waals surface area (Å²) in [4.78, 5) is 50.9. The minimum atomic E-state index is -0.692. The van der Waals surface area contributed by atoms with E-state index in [4.69, 9.17) is 5.73 Å². The first-order valence-electron chi connectivity index (χ1n) is 10.7. The fourth-order valence-electron chi connectivity index (χ4n) is 4.41. The Bertz CT molecular complexity index is 572. The highest BCUT2D eigenvalue weighted by Crippen LogP contribution is 2.28. The Morgan fingerprint density at radius 1 is 1.07 bits per heavy atom. The molecule has 1 aliphatic carbocycles. The zero-order valence-electron chi connectivity index (χ0n) is 17.1. The van der Waals surface area contributed by atoms with Crippen LogP contribution in [0.5, 0.6) is 0 Å². The van der Waals surface area contributed by atoms with Crippen molar-refractivity contribution in [3.8, 4) is 0 Å². The van der Waals surface area contributed by atoms with Crippen LogP contribution in [0.15, 0.2) is 0 Å². The summed E-state index contributed by atoms with van der Waals surface area (Å²) in [7, 11) is 0. The van der Waals surface area contributed by atoms with E-state index in [9.17, 15) is 19.2 Å². The van der Waals surface area contributed by atoms with Gasteiger partial charge in [-0.05, 0) is 37.6 Å². The lowest BCUT2D eigenvalue weighted by Crippen LogP contribution is -2.50. The molecule has 158 valence electrons. The zero-order valence-corrected chi connectivity index (χ0v) is 17.1. The van der Waals surface area contributed by atoms with E-state index in [2.05, 4.69) is 5.32 Å². The van der Waals surface area contributed by atoms with Crippen molar-refractivity contribution in [1.82, 2.24) is 10.2 Å². The van der Waals surface area contributed by atoms with Crippen LogP contribution in [0.4, 0.5) is 0 Å². The molecule has 0 aromatic carbocycles. The lowest BCUT2D eigenvalue weighted by Gasteiger charge is -2.30. The molecule has 7 nitrogen and oxygen atoms in total. The molecular weight excluding hydrogens is 358 g/mol. The SMILES string of the molecule is C[C@@H](CC(N)=O)CC(=O)N(C(=O)CCC1CCCCC1)C1CCCNCC1=O. The Labute approximate surface area is 167 Å². The number of carbonyl (C=O) groups excluding carboxylic acids is 4. The molecule has 0 spiro atoms. The van der Waals surface area contributed by atoms with Crippen LogP contribution in [0, 0.1) is 11.8 Å². The summed E-state index contributed by atoms with van der Waals surface area (Å²) in [6, 6.07) is -0.692. The Hall–Kier alpha value is -1.76. The second kappa shape index (κ2) is 11.3. The highest BCUT2D eigenvalue weighted by Gasteiger charge is 2.35. The van der Waals surface area contributed by atoms with E-state index < -0.39 is 11.9 Å². The van der Waals surface area contributed by atoms with Gasteiger partial charge in [-0.1, -0.05) is 39.0 Å². The van der Waals surface area contributed by atoms with Crippen LogP contribution < -0.4 is 11.1 Å². The predicted molar refractivity (Wildman–Crippen MR) is 106 cm³/mol. The van der Waals surface area contributed by atoms with Crippen LogP contribution in [0.3, 0.4) is 0 Å². The summed E-state index contributed by atoms with van der Waals surface area (Å²) >= 11 is 0. The molecule has 1 unspecified atom stereocenters. The fraction of sp³-hybridized carbons (Fsp3) is 0.810. The fourth-order valence-corrected chi connectivity index (χ4v) is 4.41. The molecule has 0 aromatic heterocycles. The Kier molecular flexibility index (Phi) is 9.09. The predicted octanol–water partition coefficient (Wildman–Crippen LogP) is 1.92. The molecule has 3 amide bonds. The Balaban J connectivity index is 2.07. The molecule has 1 saturated heterocycles. The number of amides is 3. The first kappa shape index (κ1) is 22.5. The summed E-state index contributed by atoms with van der Waals surface area (Å²) in [5.41, 5.74) is 5.23. The van der Waals surface area contributed by atoms with Crippen molar-refractivity contribution >= 4 is 23.5 Å². The van der Waals surface area contributed by atoms with Gasteiger partial charge in [-0.3, -0.25) is 24.1 Å². The van der Waals surface area contributed by atoms with E-state index in [0.29, 0.717) is 25.3 Å². The largest absolute Gasteiger partial charge is 0.370 e. The normalized spacial score (nSPS) is 22.3. The number of nitrogens with two attached hydrogens (primary N) is 1. The molecule has 0 aromatic rings. The molecule has 2 rings (SSSR count). The molecule has 7 heteroatoms. The second-order valence-corrected chi connectivity index (χ2v) is 8.48. The lowest BCUT2D eigenvalue weighted by atomic mass is 9.86. The molecule has 2 aliphatic rings. The molecular formula is C21H35N3O4. The number of ketones is 1.